The normalized spacial score (nSPS) is 19.4. The summed E-state index contributed by atoms with van der Waals surface area (Å²) in [5.41, 5.74) is 5.92. The van der Waals surface area contributed by atoms with Crippen LogP contribution in [0.5, 0.6) is 5.75 Å². The smallest absolute Gasteiger partial charge is 0.334 e. The van der Waals surface area contributed by atoms with Crippen molar-refractivity contribution < 1.29 is 29.3 Å². The molecule has 1 fully saturated rings. The molecule has 4 N–H and O–H groups in total. The van der Waals surface area contributed by atoms with Crippen LogP contribution in [0, 0.1) is 0 Å². The van der Waals surface area contributed by atoms with Gasteiger partial charge in [0.1, 0.15) is 18.4 Å². The number of carbonyl (C=O) groups is 3. The fraction of sp³-hybridized carbons (Fsp3) is 0.286. The first-order valence-electron chi connectivity index (χ1n) is 12.0. The first-order valence-corrected chi connectivity index (χ1v) is 12.4. The third-order valence-corrected chi connectivity index (χ3v) is 6.48. The van der Waals surface area contributed by atoms with Crippen LogP contribution in [0.4, 0.5) is 0 Å². The van der Waals surface area contributed by atoms with Gasteiger partial charge in [-0.3, -0.25) is 9.59 Å². The van der Waals surface area contributed by atoms with Crippen molar-refractivity contribution in [2.45, 2.75) is 38.0 Å². The highest BCUT2D eigenvalue weighted by atomic mass is 32.1. The summed E-state index contributed by atoms with van der Waals surface area (Å²) in [4.78, 5) is 34.7. The Morgan fingerprint density at radius 1 is 1.05 bits per heavy atom. The van der Waals surface area contributed by atoms with Crippen molar-refractivity contribution in [1.29, 1.82) is 0 Å². The zero-order valence-corrected chi connectivity index (χ0v) is 21.8. The number of nitrogens with zero attached hydrogens (tertiary/aromatic N) is 2. The van der Waals surface area contributed by atoms with Gasteiger partial charge >= 0.3 is 11.9 Å². The molecule has 10 heteroatoms. The Kier molecular flexibility index (Phi) is 9.89. The zero-order valence-electron chi connectivity index (χ0n) is 21.0. The molecule has 4 rings (SSSR count). The van der Waals surface area contributed by atoms with E-state index in [4.69, 9.17) is 27.8 Å². The molecular formula is C28H31N3O6S. The summed E-state index contributed by atoms with van der Waals surface area (Å²) in [6.07, 6.45) is 7.75. The van der Waals surface area contributed by atoms with Crippen LogP contribution in [-0.2, 0) is 27.4 Å². The van der Waals surface area contributed by atoms with Gasteiger partial charge in [0, 0.05) is 17.5 Å². The number of ketones is 1. The molecule has 1 saturated heterocycles. The molecule has 2 aliphatic heterocycles. The number of carbonyl (C=O) groups excluding carboxylic acids is 1. The molecule has 0 amide bonds. The average Bonchev–Trinajstić information content (AvgIpc) is 3.28. The number of rotatable bonds is 9. The lowest BCUT2D eigenvalue weighted by Gasteiger charge is -2.39. The summed E-state index contributed by atoms with van der Waals surface area (Å²) in [7, 11) is 0. The van der Waals surface area contributed by atoms with Gasteiger partial charge < -0.3 is 25.7 Å². The standard InChI is InChI=1S/C16H17NO3.C12H14N2O3S/c17-15(16(18)19)10-12-6-8-14(9-7-12)20-11-13-4-2-1-3-5-13;1-9(15)12(11(16)17)7-10(18)8-14(12)13-5-3-2-4-6-13/h1-9,15H,10-11,17H2,(H,18,19);2-5H,6-8H2,1H3,(H,16,17)/t15-;12-/m01/s1. The molecule has 200 valence electrons. The molecule has 0 radical (unpaired) electrons. The van der Waals surface area contributed by atoms with Crippen LogP contribution >= 0.6 is 12.2 Å². The summed E-state index contributed by atoms with van der Waals surface area (Å²) in [6, 6.07) is 16.4. The number of hydrogen-bond acceptors (Lipinski definition) is 8. The quantitative estimate of drug-likeness (QED) is 0.324. The van der Waals surface area contributed by atoms with E-state index in [9.17, 15) is 19.5 Å². The first-order chi connectivity index (χ1) is 18.1. The third kappa shape index (κ3) is 7.12. The lowest BCUT2D eigenvalue weighted by atomic mass is 9.92. The van der Waals surface area contributed by atoms with Gasteiger partial charge in [-0.05, 0) is 42.7 Å². The van der Waals surface area contributed by atoms with E-state index in [1.807, 2.05) is 66.7 Å². The third-order valence-electron chi connectivity index (χ3n) is 6.21. The van der Waals surface area contributed by atoms with E-state index in [1.54, 1.807) is 22.3 Å². The van der Waals surface area contributed by atoms with E-state index in [1.165, 1.54) is 6.92 Å². The second-order valence-electron chi connectivity index (χ2n) is 8.95. The van der Waals surface area contributed by atoms with Gasteiger partial charge in [-0.15, -0.1) is 0 Å². The Morgan fingerprint density at radius 2 is 1.74 bits per heavy atom. The van der Waals surface area contributed by atoms with Crippen LogP contribution in [0.3, 0.4) is 0 Å². The van der Waals surface area contributed by atoms with Crippen LogP contribution < -0.4 is 10.5 Å². The summed E-state index contributed by atoms with van der Waals surface area (Å²) in [6.45, 7) is 2.67. The number of nitrogens with two attached hydrogens (primary N) is 1. The van der Waals surface area contributed by atoms with Crippen molar-refractivity contribution in [3.05, 3.63) is 90.2 Å². The first kappa shape index (κ1) is 28.7. The molecule has 38 heavy (non-hydrogen) atoms. The summed E-state index contributed by atoms with van der Waals surface area (Å²) < 4.78 is 5.65. The van der Waals surface area contributed by atoms with Gasteiger partial charge in [-0.2, -0.15) is 5.01 Å². The van der Waals surface area contributed by atoms with Gasteiger partial charge in [-0.25, -0.2) is 4.79 Å². The lowest BCUT2D eigenvalue weighted by molar-refractivity contribution is -0.165. The highest BCUT2D eigenvalue weighted by molar-refractivity contribution is 7.80. The molecule has 0 spiro atoms. The van der Waals surface area contributed by atoms with Gasteiger partial charge in [0.25, 0.3) is 0 Å². The number of hydrazine groups is 1. The van der Waals surface area contributed by atoms with Crippen LogP contribution in [-0.4, -0.2) is 67.5 Å². The van der Waals surface area contributed by atoms with Crippen molar-refractivity contribution in [3.63, 3.8) is 0 Å². The largest absolute Gasteiger partial charge is 0.489 e. The minimum atomic E-state index is -1.55. The molecule has 0 unspecified atom stereocenters. The lowest BCUT2D eigenvalue weighted by Crippen LogP contribution is -2.60. The van der Waals surface area contributed by atoms with Crippen LogP contribution in [0.2, 0.25) is 0 Å². The van der Waals surface area contributed by atoms with Crippen molar-refractivity contribution in [3.8, 4) is 5.75 Å². The van der Waals surface area contributed by atoms with Crippen LogP contribution in [0.15, 0.2) is 79.0 Å². The topological polar surface area (TPSA) is 133 Å². The van der Waals surface area contributed by atoms with Crippen molar-refractivity contribution in [1.82, 2.24) is 10.0 Å². The molecule has 2 aromatic carbocycles. The van der Waals surface area contributed by atoms with Crippen molar-refractivity contribution in [2.24, 2.45) is 5.73 Å². The average molecular weight is 538 g/mol. The number of ether oxygens (including phenoxy) is 1. The maximum Gasteiger partial charge on any atom is 0.334 e. The van der Waals surface area contributed by atoms with Crippen LogP contribution in [0.1, 0.15) is 24.5 Å². The Balaban J connectivity index is 0.000000212. The van der Waals surface area contributed by atoms with E-state index in [0.29, 0.717) is 31.0 Å². The summed E-state index contributed by atoms with van der Waals surface area (Å²) >= 11 is 5.13. The van der Waals surface area contributed by atoms with E-state index < -0.39 is 29.3 Å². The fourth-order valence-corrected chi connectivity index (χ4v) is 4.46. The molecule has 2 atom stereocenters. The van der Waals surface area contributed by atoms with E-state index in [-0.39, 0.29) is 6.42 Å². The van der Waals surface area contributed by atoms with E-state index in [2.05, 4.69) is 0 Å². The Hall–Kier alpha value is -3.86. The summed E-state index contributed by atoms with van der Waals surface area (Å²) in [5, 5.41) is 21.5. The molecule has 2 heterocycles. The van der Waals surface area contributed by atoms with Crippen molar-refractivity contribution in [2.75, 3.05) is 13.1 Å². The molecule has 0 aliphatic carbocycles. The number of carboxylic acids is 2. The summed E-state index contributed by atoms with van der Waals surface area (Å²) in [5.74, 6) is -1.77. The molecular weight excluding hydrogens is 506 g/mol. The Bertz CT molecular complexity index is 1200. The number of benzene rings is 2. The van der Waals surface area contributed by atoms with E-state index in [0.717, 1.165) is 16.9 Å². The molecule has 2 aliphatic rings. The predicted molar refractivity (Wildman–Crippen MR) is 146 cm³/mol. The Labute approximate surface area is 226 Å². The maximum absolute atomic E-state index is 11.9. The van der Waals surface area contributed by atoms with Gasteiger partial charge in [0.15, 0.2) is 11.3 Å². The zero-order chi connectivity index (χ0) is 27.7. The SMILES string of the molecule is CC(=O)[C@@]1(C(=O)O)CC(=S)CN1N1C=CC=CC1.N[C@@H](Cc1ccc(OCc2ccccc2)cc1)C(=O)O. The molecule has 2 aromatic rings. The second kappa shape index (κ2) is 13.1. The van der Waals surface area contributed by atoms with Crippen LogP contribution in [0.25, 0.3) is 0 Å². The fourth-order valence-electron chi connectivity index (χ4n) is 4.13. The molecule has 0 bridgehead atoms. The Morgan fingerprint density at radius 3 is 2.29 bits per heavy atom. The minimum Gasteiger partial charge on any atom is -0.489 e. The monoisotopic (exact) mass is 537 g/mol. The van der Waals surface area contributed by atoms with Gasteiger partial charge in [-0.1, -0.05) is 66.8 Å². The maximum atomic E-state index is 11.9. The molecule has 0 aromatic heterocycles. The highest BCUT2D eigenvalue weighted by Crippen LogP contribution is 2.32. The number of thiocarbonyl (C=S) groups is 1. The number of Topliss-reactive ketones (excluding diaryl/α,β-unsaturated/α-hetero) is 1. The predicted octanol–water partition coefficient (Wildman–Crippen LogP) is 2.99. The van der Waals surface area contributed by atoms with Crippen molar-refractivity contribution >= 4 is 34.8 Å². The van der Waals surface area contributed by atoms with E-state index >= 15 is 0 Å². The number of aliphatic carboxylic acids is 2. The second-order valence-corrected chi connectivity index (χ2v) is 9.53. The van der Waals surface area contributed by atoms with Gasteiger partial charge in [0.05, 0.1) is 13.1 Å². The molecule has 0 saturated carbocycles. The number of carboxylic acid groups (broad SMARTS) is 2. The number of allylic oxidation sites excluding steroid dienone is 2. The molecule has 9 nitrogen and oxygen atoms in total. The highest BCUT2D eigenvalue weighted by Gasteiger charge is 2.55. The number of hydrogen-bond donors (Lipinski definition) is 3. The van der Waals surface area contributed by atoms with Gasteiger partial charge in [0.2, 0.25) is 0 Å². The minimum absolute atomic E-state index is 0.0983.